The van der Waals surface area contributed by atoms with Crippen molar-refractivity contribution in [3.8, 4) is 0 Å². The zero-order chi connectivity index (χ0) is 16.4. The summed E-state index contributed by atoms with van der Waals surface area (Å²) >= 11 is 0. The maximum atomic E-state index is 9.44. The van der Waals surface area contributed by atoms with Crippen LogP contribution in [0.4, 0.5) is 5.82 Å². The molecule has 2 heterocycles. The number of anilines is 1. The number of aromatic nitrogens is 4. The molecule has 0 aliphatic heterocycles. The summed E-state index contributed by atoms with van der Waals surface area (Å²) in [6.07, 6.45) is 3.74. The summed E-state index contributed by atoms with van der Waals surface area (Å²) in [6, 6.07) is 1.98. The van der Waals surface area contributed by atoms with Crippen molar-refractivity contribution in [2.75, 3.05) is 11.9 Å². The second kappa shape index (κ2) is 6.62. The maximum Gasteiger partial charge on any atom is 0.226 e. The van der Waals surface area contributed by atoms with Crippen LogP contribution in [0.15, 0.2) is 16.9 Å². The first kappa shape index (κ1) is 15.9. The highest BCUT2D eigenvalue weighted by atomic mass is 16.5. The number of hydrogen-bond donors (Lipinski definition) is 1. The molecule has 1 aliphatic rings. The highest BCUT2D eigenvalue weighted by molar-refractivity contribution is 5.39. The lowest BCUT2D eigenvalue weighted by Gasteiger charge is -2.31. The summed E-state index contributed by atoms with van der Waals surface area (Å²) in [5.41, 5.74) is 0.987. The molecule has 7 heteroatoms. The molecule has 0 bridgehead atoms. The van der Waals surface area contributed by atoms with E-state index in [9.17, 15) is 5.11 Å². The van der Waals surface area contributed by atoms with Crippen LogP contribution in [-0.2, 0) is 13.0 Å². The van der Waals surface area contributed by atoms with E-state index in [-0.39, 0.29) is 6.10 Å². The van der Waals surface area contributed by atoms with Gasteiger partial charge in [0.1, 0.15) is 12.1 Å². The van der Waals surface area contributed by atoms with Gasteiger partial charge in [-0.25, -0.2) is 9.97 Å². The molecule has 0 radical (unpaired) electrons. The van der Waals surface area contributed by atoms with Gasteiger partial charge < -0.3 is 14.5 Å². The summed E-state index contributed by atoms with van der Waals surface area (Å²) in [5.74, 6) is 2.98. The van der Waals surface area contributed by atoms with Crippen LogP contribution in [0.25, 0.3) is 0 Å². The third-order valence-electron chi connectivity index (χ3n) is 4.07. The highest BCUT2D eigenvalue weighted by Gasteiger charge is 2.30. The van der Waals surface area contributed by atoms with Crippen LogP contribution >= 0.6 is 0 Å². The number of aliphatic hydroxyl groups excluding tert-OH is 1. The van der Waals surface area contributed by atoms with Crippen LogP contribution in [0.2, 0.25) is 0 Å². The number of rotatable bonds is 6. The van der Waals surface area contributed by atoms with E-state index < -0.39 is 0 Å². The summed E-state index contributed by atoms with van der Waals surface area (Å²) in [7, 11) is 1.94. The minimum atomic E-state index is -0.185. The van der Waals surface area contributed by atoms with Crippen molar-refractivity contribution in [1.82, 2.24) is 20.1 Å². The molecule has 2 aromatic rings. The van der Waals surface area contributed by atoms with Crippen LogP contribution in [0.3, 0.4) is 0 Å². The molecule has 0 unspecified atom stereocenters. The molecule has 3 rings (SSSR count). The Morgan fingerprint density at radius 1 is 1.35 bits per heavy atom. The van der Waals surface area contributed by atoms with Crippen LogP contribution in [0.1, 0.15) is 50.0 Å². The SMILES string of the molecule is CC(C)Cc1nc(CN(C)c2cc(C3CC(O)C3)ncn2)no1. The van der Waals surface area contributed by atoms with Gasteiger partial charge in [0.05, 0.1) is 12.6 Å². The molecule has 1 N–H and O–H groups in total. The van der Waals surface area contributed by atoms with Crippen molar-refractivity contribution < 1.29 is 9.63 Å². The van der Waals surface area contributed by atoms with E-state index in [1.165, 1.54) is 0 Å². The molecule has 0 spiro atoms. The second-order valence-electron chi connectivity index (χ2n) is 6.68. The van der Waals surface area contributed by atoms with Gasteiger partial charge in [-0.3, -0.25) is 0 Å². The summed E-state index contributed by atoms with van der Waals surface area (Å²) in [6.45, 7) is 4.77. The lowest BCUT2D eigenvalue weighted by molar-refractivity contribution is 0.0732. The van der Waals surface area contributed by atoms with Crippen LogP contribution in [-0.4, -0.2) is 38.4 Å². The van der Waals surface area contributed by atoms with E-state index in [4.69, 9.17) is 4.52 Å². The molecule has 2 aromatic heterocycles. The van der Waals surface area contributed by atoms with Gasteiger partial charge in [-0.05, 0) is 18.8 Å². The lowest BCUT2D eigenvalue weighted by Crippen LogP contribution is -2.27. The van der Waals surface area contributed by atoms with Gasteiger partial charge in [0.15, 0.2) is 5.82 Å². The third kappa shape index (κ3) is 3.85. The zero-order valence-corrected chi connectivity index (χ0v) is 13.8. The van der Waals surface area contributed by atoms with Gasteiger partial charge in [0, 0.05) is 31.1 Å². The van der Waals surface area contributed by atoms with Crippen molar-refractivity contribution >= 4 is 5.82 Å². The molecule has 1 aliphatic carbocycles. The summed E-state index contributed by atoms with van der Waals surface area (Å²) in [5, 5.41) is 13.5. The van der Waals surface area contributed by atoms with E-state index >= 15 is 0 Å². The Morgan fingerprint density at radius 3 is 2.83 bits per heavy atom. The molecule has 124 valence electrons. The van der Waals surface area contributed by atoms with Crippen LogP contribution in [0, 0.1) is 5.92 Å². The Kier molecular flexibility index (Phi) is 4.56. The van der Waals surface area contributed by atoms with Crippen molar-refractivity contribution in [3.63, 3.8) is 0 Å². The predicted molar refractivity (Wildman–Crippen MR) is 85.0 cm³/mol. The highest BCUT2D eigenvalue weighted by Crippen LogP contribution is 2.36. The fourth-order valence-electron chi connectivity index (χ4n) is 2.70. The Hall–Kier alpha value is -2.02. The van der Waals surface area contributed by atoms with Gasteiger partial charge in [0.25, 0.3) is 0 Å². The summed E-state index contributed by atoms with van der Waals surface area (Å²) in [4.78, 5) is 15.0. The minimum absolute atomic E-state index is 0.185. The third-order valence-corrected chi connectivity index (χ3v) is 4.07. The largest absolute Gasteiger partial charge is 0.393 e. The quantitative estimate of drug-likeness (QED) is 0.871. The Bertz CT molecular complexity index is 651. The van der Waals surface area contributed by atoms with Crippen molar-refractivity contribution in [2.45, 2.75) is 51.7 Å². The van der Waals surface area contributed by atoms with Gasteiger partial charge in [-0.15, -0.1) is 0 Å². The normalized spacial score (nSPS) is 20.6. The molecule has 0 atom stereocenters. The molecule has 23 heavy (non-hydrogen) atoms. The van der Waals surface area contributed by atoms with Gasteiger partial charge in [0.2, 0.25) is 5.89 Å². The molecule has 7 nitrogen and oxygen atoms in total. The first-order valence-electron chi connectivity index (χ1n) is 8.04. The molecule has 0 amide bonds. The predicted octanol–water partition coefficient (Wildman–Crippen LogP) is 1.93. The zero-order valence-electron chi connectivity index (χ0n) is 13.8. The van der Waals surface area contributed by atoms with Crippen LogP contribution < -0.4 is 4.90 Å². The van der Waals surface area contributed by atoms with Gasteiger partial charge in [-0.1, -0.05) is 19.0 Å². The standard InChI is InChI=1S/C16H23N5O2/c1-10(2)4-16-19-14(20-23-16)8-21(3)15-7-13(17-9-18-15)11-5-12(22)6-11/h7,9-12,22H,4-6,8H2,1-3H3. The number of aliphatic hydroxyl groups is 1. The molecule has 1 saturated carbocycles. The minimum Gasteiger partial charge on any atom is -0.393 e. The van der Waals surface area contributed by atoms with E-state index in [1.54, 1.807) is 6.33 Å². The monoisotopic (exact) mass is 317 g/mol. The van der Waals surface area contributed by atoms with Gasteiger partial charge >= 0.3 is 0 Å². The van der Waals surface area contributed by atoms with Crippen molar-refractivity contribution in [2.24, 2.45) is 5.92 Å². The van der Waals surface area contributed by atoms with E-state index in [0.29, 0.717) is 30.1 Å². The fourth-order valence-corrected chi connectivity index (χ4v) is 2.70. The average Bonchev–Trinajstić information content (AvgIpc) is 2.90. The molecule has 0 saturated heterocycles. The first-order chi connectivity index (χ1) is 11.0. The Labute approximate surface area is 135 Å². The first-order valence-corrected chi connectivity index (χ1v) is 8.04. The number of hydrogen-bond acceptors (Lipinski definition) is 7. The smallest absolute Gasteiger partial charge is 0.226 e. The van der Waals surface area contributed by atoms with Gasteiger partial charge in [-0.2, -0.15) is 4.98 Å². The second-order valence-corrected chi connectivity index (χ2v) is 6.68. The number of nitrogens with zero attached hydrogens (tertiary/aromatic N) is 5. The molecular weight excluding hydrogens is 294 g/mol. The van der Waals surface area contributed by atoms with Crippen molar-refractivity contribution in [1.29, 1.82) is 0 Å². The topological polar surface area (TPSA) is 88.2 Å². The maximum absolute atomic E-state index is 9.44. The Morgan fingerprint density at radius 2 is 2.13 bits per heavy atom. The van der Waals surface area contributed by atoms with Crippen molar-refractivity contribution in [3.05, 3.63) is 29.8 Å². The molecular formula is C16H23N5O2. The van der Waals surface area contributed by atoms with Crippen LogP contribution in [0.5, 0.6) is 0 Å². The summed E-state index contributed by atoms with van der Waals surface area (Å²) < 4.78 is 5.26. The van der Waals surface area contributed by atoms with E-state index in [0.717, 1.165) is 30.8 Å². The lowest BCUT2D eigenvalue weighted by atomic mass is 9.80. The Balaban J connectivity index is 1.64. The molecule has 0 aromatic carbocycles. The average molecular weight is 317 g/mol. The van der Waals surface area contributed by atoms with E-state index in [2.05, 4.69) is 34.0 Å². The molecule has 1 fully saturated rings. The van der Waals surface area contributed by atoms with E-state index in [1.807, 2.05) is 18.0 Å². The fraction of sp³-hybridized carbons (Fsp3) is 0.625.